The molecule has 5 heteroatoms. The Morgan fingerprint density at radius 3 is 2.83 bits per heavy atom. The van der Waals surface area contributed by atoms with Gasteiger partial charge in [0.1, 0.15) is 11.6 Å². The third-order valence-electron chi connectivity index (χ3n) is 2.33. The Labute approximate surface area is 109 Å². The quantitative estimate of drug-likeness (QED) is 0.894. The number of nitrogens with one attached hydrogen (secondary N) is 1. The second-order valence-corrected chi connectivity index (χ2v) is 4.15. The molecule has 0 fully saturated rings. The Balaban J connectivity index is 2.03. The molecule has 0 radical (unpaired) electrons. The summed E-state index contributed by atoms with van der Waals surface area (Å²) >= 11 is 5.78. The molecule has 0 atom stereocenters. The van der Waals surface area contributed by atoms with Gasteiger partial charge in [0.05, 0.1) is 6.42 Å². The van der Waals surface area contributed by atoms with E-state index >= 15 is 0 Å². The summed E-state index contributed by atoms with van der Waals surface area (Å²) < 4.78 is 0. The van der Waals surface area contributed by atoms with Gasteiger partial charge in [-0.05, 0) is 18.2 Å². The van der Waals surface area contributed by atoms with Gasteiger partial charge in [-0.1, -0.05) is 29.8 Å². The second kappa shape index (κ2) is 5.51. The standard InChI is InChI=1S/C13H11ClN2O2/c14-10-5-6-15-12(8-10)16-13(18)7-9-3-1-2-4-11(9)17/h1-6,8,17H,7H2,(H,15,16,18). The number of halogens is 1. The van der Waals surface area contributed by atoms with Crippen LogP contribution in [-0.4, -0.2) is 16.0 Å². The van der Waals surface area contributed by atoms with E-state index in [1.807, 2.05) is 0 Å². The molecule has 1 heterocycles. The molecule has 0 aliphatic rings. The highest BCUT2D eigenvalue weighted by Gasteiger charge is 2.08. The molecule has 2 N–H and O–H groups in total. The lowest BCUT2D eigenvalue weighted by Crippen LogP contribution is -2.15. The van der Waals surface area contributed by atoms with Crippen LogP contribution in [0.5, 0.6) is 5.75 Å². The fourth-order valence-corrected chi connectivity index (χ4v) is 1.65. The number of rotatable bonds is 3. The van der Waals surface area contributed by atoms with E-state index in [9.17, 15) is 9.90 Å². The van der Waals surface area contributed by atoms with Crippen molar-refractivity contribution in [1.82, 2.24) is 4.98 Å². The van der Waals surface area contributed by atoms with E-state index in [0.717, 1.165) is 0 Å². The van der Waals surface area contributed by atoms with Gasteiger partial charge in [0, 0.05) is 16.8 Å². The average molecular weight is 263 g/mol. The van der Waals surface area contributed by atoms with Crippen LogP contribution in [0.3, 0.4) is 0 Å². The molecule has 0 aliphatic heterocycles. The number of aromatic hydroxyl groups is 1. The monoisotopic (exact) mass is 262 g/mol. The van der Waals surface area contributed by atoms with Crippen molar-refractivity contribution in [2.24, 2.45) is 0 Å². The summed E-state index contributed by atoms with van der Waals surface area (Å²) in [4.78, 5) is 15.7. The van der Waals surface area contributed by atoms with Crippen molar-refractivity contribution in [2.75, 3.05) is 5.32 Å². The molecule has 2 aromatic rings. The van der Waals surface area contributed by atoms with Crippen LogP contribution in [0.2, 0.25) is 5.02 Å². The molecule has 18 heavy (non-hydrogen) atoms. The van der Waals surface area contributed by atoms with E-state index in [2.05, 4.69) is 10.3 Å². The highest BCUT2D eigenvalue weighted by atomic mass is 35.5. The second-order valence-electron chi connectivity index (χ2n) is 3.71. The summed E-state index contributed by atoms with van der Waals surface area (Å²) in [6.45, 7) is 0. The largest absolute Gasteiger partial charge is 0.508 e. The molecular weight excluding hydrogens is 252 g/mol. The number of benzene rings is 1. The Bertz CT molecular complexity index is 572. The number of phenolic OH excluding ortho intramolecular Hbond substituents is 1. The average Bonchev–Trinajstić information content (AvgIpc) is 2.32. The van der Waals surface area contributed by atoms with E-state index < -0.39 is 0 Å². The van der Waals surface area contributed by atoms with Gasteiger partial charge in [-0.25, -0.2) is 4.98 Å². The van der Waals surface area contributed by atoms with E-state index in [0.29, 0.717) is 16.4 Å². The Hall–Kier alpha value is -2.07. The third kappa shape index (κ3) is 3.21. The predicted molar refractivity (Wildman–Crippen MR) is 69.7 cm³/mol. The van der Waals surface area contributed by atoms with Crippen molar-refractivity contribution in [3.8, 4) is 5.75 Å². The highest BCUT2D eigenvalue weighted by molar-refractivity contribution is 6.30. The summed E-state index contributed by atoms with van der Waals surface area (Å²) in [5.74, 6) is 0.237. The van der Waals surface area contributed by atoms with Gasteiger partial charge in [0.25, 0.3) is 0 Å². The molecule has 0 bridgehead atoms. The maximum absolute atomic E-state index is 11.7. The summed E-state index contributed by atoms with van der Waals surface area (Å²) in [5.41, 5.74) is 0.567. The number of nitrogens with zero attached hydrogens (tertiary/aromatic N) is 1. The van der Waals surface area contributed by atoms with Gasteiger partial charge in [-0.15, -0.1) is 0 Å². The minimum Gasteiger partial charge on any atom is -0.508 e. The summed E-state index contributed by atoms with van der Waals surface area (Å²) in [5, 5.41) is 12.7. The van der Waals surface area contributed by atoms with Crippen LogP contribution >= 0.6 is 11.6 Å². The van der Waals surface area contributed by atoms with Crippen LogP contribution in [-0.2, 0) is 11.2 Å². The molecule has 2 rings (SSSR count). The van der Waals surface area contributed by atoms with Gasteiger partial charge < -0.3 is 10.4 Å². The molecule has 1 amide bonds. The van der Waals surface area contributed by atoms with Gasteiger partial charge in [0.2, 0.25) is 5.91 Å². The topological polar surface area (TPSA) is 62.2 Å². The smallest absolute Gasteiger partial charge is 0.230 e. The molecule has 4 nitrogen and oxygen atoms in total. The van der Waals surface area contributed by atoms with Crippen molar-refractivity contribution in [2.45, 2.75) is 6.42 Å². The Kier molecular flexibility index (Phi) is 3.79. The van der Waals surface area contributed by atoms with Gasteiger partial charge >= 0.3 is 0 Å². The number of carbonyl (C=O) groups is 1. The Morgan fingerprint density at radius 2 is 2.11 bits per heavy atom. The van der Waals surface area contributed by atoms with E-state index in [4.69, 9.17) is 11.6 Å². The van der Waals surface area contributed by atoms with E-state index in [1.54, 1.807) is 36.4 Å². The fourth-order valence-electron chi connectivity index (χ4n) is 1.49. The molecule has 1 aromatic heterocycles. The van der Waals surface area contributed by atoms with Crippen LogP contribution in [0.1, 0.15) is 5.56 Å². The van der Waals surface area contributed by atoms with Crippen LogP contribution in [0.4, 0.5) is 5.82 Å². The normalized spacial score (nSPS) is 10.1. The predicted octanol–water partition coefficient (Wildman–Crippen LogP) is 2.62. The van der Waals surface area contributed by atoms with Crippen molar-refractivity contribution in [3.63, 3.8) is 0 Å². The molecular formula is C13H11ClN2O2. The number of hydrogen-bond donors (Lipinski definition) is 2. The molecule has 1 aromatic carbocycles. The zero-order valence-corrected chi connectivity index (χ0v) is 10.2. The zero-order chi connectivity index (χ0) is 13.0. The number of phenols is 1. The number of aromatic nitrogens is 1. The van der Waals surface area contributed by atoms with E-state index in [1.165, 1.54) is 6.20 Å². The number of carbonyl (C=O) groups excluding carboxylic acids is 1. The maximum atomic E-state index is 11.7. The maximum Gasteiger partial charge on any atom is 0.230 e. The lowest BCUT2D eigenvalue weighted by molar-refractivity contribution is -0.115. The first-order valence-electron chi connectivity index (χ1n) is 5.33. The Morgan fingerprint density at radius 1 is 1.33 bits per heavy atom. The summed E-state index contributed by atoms with van der Waals surface area (Å²) in [7, 11) is 0. The minimum absolute atomic E-state index is 0.0842. The zero-order valence-electron chi connectivity index (χ0n) is 9.43. The fraction of sp³-hybridized carbons (Fsp3) is 0.0769. The molecule has 0 saturated carbocycles. The highest BCUT2D eigenvalue weighted by Crippen LogP contribution is 2.17. The first kappa shape index (κ1) is 12.4. The number of amides is 1. The first-order valence-corrected chi connectivity index (χ1v) is 5.71. The lowest BCUT2D eigenvalue weighted by atomic mass is 10.1. The summed E-state index contributed by atoms with van der Waals surface area (Å²) in [6.07, 6.45) is 1.60. The molecule has 92 valence electrons. The number of hydrogen-bond acceptors (Lipinski definition) is 3. The van der Waals surface area contributed by atoms with Gasteiger partial charge in [0.15, 0.2) is 0 Å². The minimum atomic E-state index is -0.258. The van der Waals surface area contributed by atoms with Crippen LogP contribution in [0.15, 0.2) is 42.6 Å². The number of pyridine rings is 1. The van der Waals surface area contributed by atoms with Crippen molar-refractivity contribution < 1.29 is 9.90 Å². The van der Waals surface area contributed by atoms with Crippen molar-refractivity contribution in [1.29, 1.82) is 0 Å². The van der Waals surface area contributed by atoms with Crippen molar-refractivity contribution in [3.05, 3.63) is 53.2 Å². The first-order chi connectivity index (χ1) is 8.65. The summed E-state index contributed by atoms with van der Waals surface area (Å²) in [6, 6.07) is 9.89. The molecule has 0 aliphatic carbocycles. The van der Waals surface area contributed by atoms with Gasteiger partial charge in [-0.3, -0.25) is 4.79 Å². The van der Waals surface area contributed by atoms with Crippen LogP contribution < -0.4 is 5.32 Å². The van der Waals surface area contributed by atoms with E-state index in [-0.39, 0.29) is 18.1 Å². The lowest BCUT2D eigenvalue weighted by Gasteiger charge is -2.06. The molecule has 0 saturated heterocycles. The SMILES string of the molecule is O=C(Cc1ccccc1O)Nc1cc(Cl)ccn1. The third-order valence-corrected chi connectivity index (χ3v) is 2.57. The molecule has 0 unspecified atom stereocenters. The van der Waals surface area contributed by atoms with Gasteiger partial charge in [-0.2, -0.15) is 0 Å². The van der Waals surface area contributed by atoms with Crippen LogP contribution in [0, 0.1) is 0 Å². The van der Waals surface area contributed by atoms with Crippen LogP contribution in [0.25, 0.3) is 0 Å². The van der Waals surface area contributed by atoms with Crippen molar-refractivity contribution >= 4 is 23.3 Å². The molecule has 0 spiro atoms. The number of anilines is 1. The number of para-hydroxylation sites is 1.